The molecule has 2 atom stereocenters. The summed E-state index contributed by atoms with van der Waals surface area (Å²) in [7, 11) is 4.02. The second kappa shape index (κ2) is 11.8. The molecule has 1 heterocycles. The minimum absolute atomic E-state index is 0.00778. The molecule has 1 aliphatic heterocycles. The minimum Gasteiger partial charge on any atom is -0.465 e. The predicted molar refractivity (Wildman–Crippen MR) is 91.2 cm³/mol. The fraction of sp³-hybridized carbons (Fsp3) is 0.938. The SMILES string of the molecule is CCCCC(CC)COC(=O)CCCCC1CCSS1. The van der Waals surface area contributed by atoms with Crippen LogP contribution in [0.15, 0.2) is 0 Å². The van der Waals surface area contributed by atoms with Gasteiger partial charge in [0, 0.05) is 17.4 Å². The van der Waals surface area contributed by atoms with Gasteiger partial charge in [-0.3, -0.25) is 4.79 Å². The number of carbonyl (C=O) groups excluding carboxylic acids is 1. The number of carbonyl (C=O) groups is 1. The lowest BCUT2D eigenvalue weighted by Crippen LogP contribution is -2.13. The molecule has 0 aliphatic carbocycles. The molecule has 0 aromatic carbocycles. The molecular formula is C16H30O2S2. The van der Waals surface area contributed by atoms with Gasteiger partial charge < -0.3 is 4.74 Å². The standard InChI is InChI=1S/C16H30O2S2/c1-3-5-8-14(4-2)13-18-16(17)10-7-6-9-15-11-12-19-20-15/h14-15H,3-13H2,1-2H3. The first-order chi connectivity index (χ1) is 9.76. The highest BCUT2D eigenvalue weighted by molar-refractivity contribution is 8.77. The average molecular weight is 319 g/mol. The summed E-state index contributed by atoms with van der Waals surface area (Å²) < 4.78 is 5.42. The van der Waals surface area contributed by atoms with Crippen molar-refractivity contribution in [1.29, 1.82) is 0 Å². The molecule has 0 radical (unpaired) electrons. The van der Waals surface area contributed by atoms with Gasteiger partial charge in [-0.15, -0.1) is 0 Å². The van der Waals surface area contributed by atoms with E-state index in [2.05, 4.69) is 13.8 Å². The van der Waals surface area contributed by atoms with E-state index in [9.17, 15) is 4.79 Å². The molecule has 4 heteroatoms. The van der Waals surface area contributed by atoms with Gasteiger partial charge in [-0.2, -0.15) is 0 Å². The van der Waals surface area contributed by atoms with Gasteiger partial charge in [0.2, 0.25) is 0 Å². The van der Waals surface area contributed by atoms with E-state index in [1.807, 2.05) is 21.6 Å². The fourth-order valence-corrected chi connectivity index (χ4v) is 5.41. The Hall–Kier alpha value is 0.170. The largest absolute Gasteiger partial charge is 0.465 e. The maximum atomic E-state index is 11.7. The molecular weight excluding hydrogens is 288 g/mol. The zero-order valence-electron chi connectivity index (χ0n) is 13.1. The maximum absolute atomic E-state index is 11.7. The molecule has 0 spiro atoms. The van der Waals surface area contributed by atoms with E-state index in [1.165, 1.54) is 44.3 Å². The van der Waals surface area contributed by atoms with Gasteiger partial charge in [-0.05, 0) is 31.6 Å². The predicted octanol–water partition coefficient (Wildman–Crippen LogP) is 5.46. The van der Waals surface area contributed by atoms with Crippen molar-refractivity contribution in [2.75, 3.05) is 12.4 Å². The average Bonchev–Trinajstić information content (AvgIpc) is 2.97. The molecule has 1 rings (SSSR count). The van der Waals surface area contributed by atoms with Crippen LogP contribution < -0.4 is 0 Å². The van der Waals surface area contributed by atoms with Gasteiger partial charge in [0.05, 0.1) is 6.61 Å². The van der Waals surface area contributed by atoms with E-state index in [1.54, 1.807) is 0 Å². The van der Waals surface area contributed by atoms with Crippen molar-refractivity contribution in [3.8, 4) is 0 Å². The monoisotopic (exact) mass is 318 g/mol. The first-order valence-electron chi connectivity index (χ1n) is 8.20. The van der Waals surface area contributed by atoms with Crippen LogP contribution in [0.1, 0.15) is 71.6 Å². The van der Waals surface area contributed by atoms with Gasteiger partial charge in [-0.25, -0.2) is 0 Å². The molecule has 0 N–H and O–H groups in total. The lowest BCUT2D eigenvalue weighted by molar-refractivity contribution is -0.145. The quantitative estimate of drug-likeness (QED) is 0.287. The Morgan fingerprint density at radius 3 is 2.80 bits per heavy atom. The zero-order valence-corrected chi connectivity index (χ0v) is 14.7. The molecule has 2 nitrogen and oxygen atoms in total. The normalized spacial score (nSPS) is 20.0. The molecule has 0 amide bonds. The first-order valence-corrected chi connectivity index (χ1v) is 10.6. The van der Waals surface area contributed by atoms with E-state index in [-0.39, 0.29) is 5.97 Å². The Morgan fingerprint density at radius 2 is 2.15 bits per heavy atom. The fourth-order valence-electron chi connectivity index (χ4n) is 2.39. The van der Waals surface area contributed by atoms with Crippen molar-refractivity contribution >= 4 is 27.6 Å². The second-order valence-electron chi connectivity index (χ2n) is 5.67. The summed E-state index contributed by atoms with van der Waals surface area (Å²) in [6.07, 6.45) is 10.1. The molecule has 0 aromatic heterocycles. The Labute approximate surface area is 132 Å². The molecule has 1 aliphatic rings. The van der Waals surface area contributed by atoms with Crippen LogP contribution >= 0.6 is 21.6 Å². The number of hydrogen-bond acceptors (Lipinski definition) is 4. The van der Waals surface area contributed by atoms with Crippen molar-refractivity contribution < 1.29 is 9.53 Å². The van der Waals surface area contributed by atoms with E-state index < -0.39 is 0 Å². The van der Waals surface area contributed by atoms with Crippen molar-refractivity contribution in [3.63, 3.8) is 0 Å². The Kier molecular flexibility index (Phi) is 10.7. The Balaban J connectivity index is 1.98. The molecule has 1 fully saturated rings. The summed E-state index contributed by atoms with van der Waals surface area (Å²) >= 11 is 0. The Bertz CT molecular complexity index is 253. The minimum atomic E-state index is 0.00778. The number of unbranched alkanes of at least 4 members (excludes halogenated alkanes) is 2. The van der Waals surface area contributed by atoms with Crippen LogP contribution in [0.4, 0.5) is 0 Å². The summed E-state index contributed by atoms with van der Waals surface area (Å²) in [5.41, 5.74) is 0. The highest BCUT2D eigenvalue weighted by atomic mass is 33.1. The number of esters is 1. The van der Waals surface area contributed by atoms with Crippen molar-refractivity contribution in [1.82, 2.24) is 0 Å². The second-order valence-corrected chi connectivity index (χ2v) is 8.46. The van der Waals surface area contributed by atoms with E-state index >= 15 is 0 Å². The molecule has 118 valence electrons. The van der Waals surface area contributed by atoms with Crippen LogP contribution in [-0.2, 0) is 9.53 Å². The first kappa shape index (κ1) is 18.2. The molecule has 0 saturated carbocycles. The van der Waals surface area contributed by atoms with Crippen molar-refractivity contribution in [3.05, 3.63) is 0 Å². The molecule has 2 unspecified atom stereocenters. The lowest BCUT2D eigenvalue weighted by atomic mass is 10.0. The molecule has 1 saturated heterocycles. The summed E-state index contributed by atoms with van der Waals surface area (Å²) in [6.45, 7) is 5.02. The van der Waals surface area contributed by atoms with Gasteiger partial charge in [0.25, 0.3) is 0 Å². The third-order valence-corrected chi connectivity index (χ3v) is 6.91. The van der Waals surface area contributed by atoms with Gasteiger partial charge >= 0.3 is 5.97 Å². The maximum Gasteiger partial charge on any atom is 0.305 e. The van der Waals surface area contributed by atoms with Gasteiger partial charge in [0.15, 0.2) is 0 Å². The number of hydrogen-bond donors (Lipinski definition) is 0. The number of rotatable bonds is 11. The highest BCUT2D eigenvalue weighted by Gasteiger charge is 2.16. The highest BCUT2D eigenvalue weighted by Crippen LogP contribution is 2.39. The molecule has 0 bridgehead atoms. The van der Waals surface area contributed by atoms with Crippen molar-refractivity contribution in [2.45, 2.75) is 76.9 Å². The van der Waals surface area contributed by atoms with Crippen LogP contribution in [0.25, 0.3) is 0 Å². The van der Waals surface area contributed by atoms with E-state index in [0.717, 1.165) is 18.1 Å². The lowest BCUT2D eigenvalue weighted by Gasteiger charge is -2.14. The molecule has 20 heavy (non-hydrogen) atoms. The summed E-state index contributed by atoms with van der Waals surface area (Å²) in [6, 6.07) is 0. The zero-order chi connectivity index (χ0) is 14.6. The third kappa shape index (κ3) is 8.46. The summed E-state index contributed by atoms with van der Waals surface area (Å²) in [5.74, 6) is 1.87. The summed E-state index contributed by atoms with van der Waals surface area (Å²) in [4.78, 5) is 11.7. The van der Waals surface area contributed by atoms with Crippen LogP contribution in [0, 0.1) is 5.92 Å². The van der Waals surface area contributed by atoms with Crippen LogP contribution in [0.5, 0.6) is 0 Å². The van der Waals surface area contributed by atoms with E-state index in [0.29, 0.717) is 18.9 Å². The van der Waals surface area contributed by atoms with Gasteiger partial charge in [0.1, 0.15) is 0 Å². The smallest absolute Gasteiger partial charge is 0.305 e. The Morgan fingerprint density at radius 1 is 1.30 bits per heavy atom. The third-order valence-electron chi connectivity index (χ3n) is 3.91. The summed E-state index contributed by atoms with van der Waals surface area (Å²) in [5, 5.41) is 0.828. The van der Waals surface area contributed by atoms with Crippen LogP contribution in [0.3, 0.4) is 0 Å². The van der Waals surface area contributed by atoms with Crippen LogP contribution in [-0.4, -0.2) is 23.6 Å². The molecule has 0 aromatic rings. The van der Waals surface area contributed by atoms with Gasteiger partial charge in [-0.1, -0.05) is 61.1 Å². The topological polar surface area (TPSA) is 26.3 Å². The van der Waals surface area contributed by atoms with Crippen molar-refractivity contribution in [2.24, 2.45) is 5.92 Å². The number of ether oxygens (including phenoxy) is 1. The van der Waals surface area contributed by atoms with Crippen LogP contribution in [0.2, 0.25) is 0 Å². The van der Waals surface area contributed by atoms with E-state index in [4.69, 9.17) is 4.74 Å².